The molecule has 0 aromatic carbocycles. The van der Waals surface area contributed by atoms with Gasteiger partial charge < -0.3 is 5.11 Å². The van der Waals surface area contributed by atoms with Crippen LogP contribution < -0.4 is 0 Å². The number of hydrogen-bond acceptors (Lipinski definition) is 2. The van der Waals surface area contributed by atoms with E-state index in [9.17, 15) is 9.90 Å². The molecule has 94 valence electrons. The normalized spacial score (nSPS) is 29.3. The zero-order valence-electron chi connectivity index (χ0n) is 11.0. The van der Waals surface area contributed by atoms with Gasteiger partial charge in [-0.2, -0.15) is 0 Å². The monoisotopic (exact) mass is 227 g/mol. The molecule has 2 unspecified atom stereocenters. The molecule has 1 rings (SSSR count). The van der Waals surface area contributed by atoms with Crippen LogP contribution in [0.3, 0.4) is 0 Å². The zero-order valence-corrected chi connectivity index (χ0v) is 11.0. The Kier molecular flexibility index (Phi) is 4.36. The van der Waals surface area contributed by atoms with Crippen molar-refractivity contribution in [2.24, 2.45) is 5.92 Å². The fourth-order valence-corrected chi connectivity index (χ4v) is 2.96. The second-order valence-corrected chi connectivity index (χ2v) is 5.45. The lowest BCUT2D eigenvalue weighted by Gasteiger charge is -2.47. The molecule has 1 aliphatic heterocycles. The molecule has 0 amide bonds. The lowest BCUT2D eigenvalue weighted by molar-refractivity contribution is -0.156. The van der Waals surface area contributed by atoms with Crippen molar-refractivity contribution in [1.82, 2.24) is 4.90 Å². The van der Waals surface area contributed by atoms with Crippen molar-refractivity contribution < 1.29 is 9.90 Å². The molecule has 0 aliphatic carbocycles. The van der Waals surface area contributed by atoms with Crippen molar-refractivity contribution in [2.75, 3.05) is 6.54 Å². The molecule has 2 atom stereocenters. The maximum atomic E-state index is 11.5. The third-order valence-corrected chi connectivity index (χ3v) is 4.00. The molecule has 0 bridgehead atoms. The summed E-state index contributed by atoms with van der Waals surface area (Å²) in [4.78, 5) is 13.7. The second kappa shape index (κ2) is 5.17. The van der Waals surface area contributed by atoms with Crippen LogP contribution in [0.1, 0.15) is 53.4 Å². The molecule has 0 radical (unpaired) electrons. The Hall–Kier alpha value is -0.570. The summed E-state index contributed by atoms with van der Waals surface area (Å²) in [5, 5.41) is 9.45. The Balaban J connectivity index is 2.93. The average molecular weight is 227 g/mol. The van der Waals surface area contributed by atoms with Crippen LogP contribution in [0.4, 0.5) is 0 Å². The maximum Gasteiger partial charge on any atom is 0.323 e. The Labute approximate surface area is 98.8 Å². The summed E-state index contributed by atoms with van der Waals surface area (Å²) < 4.78 is 0. The first kappa shape index (κ1) is 13.5. The van der Waals surface area contributed by atoms with Crippen molar-refractivity contribution >= 4 is 5.97 Å². The lowest BCUT2D eigenvalue weighted by Crippen LogP contribution is -2.59. The minimum absolute atomic E-state index is 0.390. The van der Waals surface area contributed by atoms with E-state index in [-0.39, 0.29) is 0 Å². The van der Waals surface area contributed by atoms with Gasteiger partial charge in [0.05, 0.1) is 0 Å². The molecular formula is C13H25NO2. The van der Waals surface area contributed by atoms with Gasteiger partial charge in [-0.1, -0.05) is 20.8 Å². The van der Waals surface area contributed by atoms with E-state index in [0.717, 1.165) is 32.2 Å². The molecule has 0 aromatic rings. The van der Waals surface area contributed by atoms with Gasteiger partial charge in [0.25, 0.3) is 0 Å². The van der Waals surface area contributed by atoms with Gasteiger partial charge in [-0.05, 0) is 45.1 Å². The number of nitrogens with zero attached hydrogens (tertiary/aromatic N) is 1. The molecule has 1 saturated heterocycles. The molecule has 0 aromatic heterocycles. The Morgan fingerprint density at radius 2 is 2.06 bits per heavy atom. The lowest BCUT2D eigenvalue weighted by atomic mass is 9.84. The molecular weight excluding hydrogens is 202 g/mol. The highest BCUT2D eigenvalue weighted by Crippen LogP contribution is 2.33. The van der Waals surface area contributed by atoms with Crippen molar-refractivity contribution in [2.45, 2.75) is 65.0 Å². The third-order valence-electron chi connectivity index (χ3n) is 4.00. The van der Waals surface area contributed by atoms with Gasteiger partial charge in [0, 0.05) is 6.04 Å². The van der Waals surface area contributed by atoms with Crippen molar-refractivity contribution in [3.05, 3.63) is 0 Å². The smallest absolute Gasteiger partial charge is 0.323 e. The Morgan fingerprint density at radius 1 is 1.44 bits per heavy atom. The summed E-state index contributed by atoms with van der Waals surface area (Å²) in [6, 6.07) is 0.390. The second-order valence-electron chi connectivity index (χ2n) is 5.45. The average Bonchev–Trinajstić information content (AvgIpc) is 2.21. The van der Waals surface area contributed by atoms with Gasteiger partial charge in [0.2, 0.25) is 0 Å². The van der Waals surface area contributed by atoms with Crippen LogP contribution in [0.2, 0.25) is 0 Å². The molecule has 3 heteroatoms. The van der Waals surface area contributed by atoms with Gasteiger partial charge in [-0.25, -0.2) is 0 Å². The van der Waals surface area contributed by atoms with E-state index >= 15 is 0 Å². The van der Waals surface area contributed by atoms with E-state index in [1.165, 1.54) is 0 Å². The first-order valence-electron chi connectivity index (χ1n) is 6.43. The number of aliphatic carboxylic acids is 1. The summed E-state index contributed by atoms with van der Waals surface area (Å²) in [7, 11) is 0. The highest BCUT2D eigenvalue weighted by Gasteiger charge is 2.44. The van der Waals surface area contributed by atoms with Gasteiger partial charge in [0.15, 0.2) is 0 Å². The molecule has 0 saturated carbocycles. The first-order valence-corrected chi connectivity index (χ1v) is 6.43. The van der Waals surface area contributed by atoms with Crippen LogP contribution in [0, 0.1) is 5.92 Å². The van der Waals surface area contributed by atoms with Crippen molar-refractivity contribution in [3.63, 3.8) is 0 Å². The summed E-state index contributed by atoms with van der Waals surface area (Å²) >= 11 is 0. The molecule has 1 fully saturated rings. The van der Waals surface area contributed by atoms with Gasteiger partial charge in [0.1, 0.15) is 5.54 Å². The van der Waals surface area contributed by atoms with E-state index in [1.54, 1.807) is 0 Å². The third kappa shape index (κ3) is 2.40. The van der Waals surface area contributed by atoms with Crippen LogP contribution in [0.25, 0.3) is 0 Å². The topological polar surface area (TPSA) is 40.5 Å². The van der Waals surface area contributed by atoms with E-state index in [0.29, 0.717) is 12.0 Å². The largest absolute Gasteiger partial charge is 0.480 e. The standard InChI is InChI=1S/C13H25NO2/c1-5-11(10(2)3)14-9-7-6-8-13(14,4)12(15)16/h10-11H,5-9H2,1-4H3,(H,15,16). The van der Waals surface area contributed by atoms with Crippen LogP contribution in [-0.4, -0.2) is 34.1 Å². The van der Waals surface area contributed by atoms with Crippen LogP contribution in [-0.2, 0) is 4.79 Å². The summed E-state index contributed by atoms with van der Waals surface area (Å²) in [5.41, 5.74) is -0.650. The minimum atomic E-state index is -0.661. The maximum absolute atomic E-state index is 11.5. The number of rotatable bonds is 4. The highest BCUT2D eigenvalue weighted by molar-refractivity contribution is 5.78. The molecule has 16 heavy (non-hydrogen) atoms. The Bertz CT molecular complexity index is 252. The number of carboxylic acid groups (broad SMARTS) is 1. The molecule has 3 nitrogen and oxygen atoms in total. The van der Waals surface area contributed by atoms with Crippen molar-refractivity contribution in [1.29, 1.82) is 0 Å². The number of carboxylic acids is 1. The highest BCUT2D eigenvalue weighted by atomic mass is 16.4. The SMILES string of the molecule is CCC(C(C)C)N1CCCCC1(C)C(=O)O. The summed E-state index contributed by atoms with van der Waals surface area (Å²) in [6.45, 7) is 9.34. The van der Waals surface area contributed by atoms with Crippen LogP contribution in [0.15, 0.2) is 0 Å². The Morgan fingerprint density at radius 3 is 2.50 bits per heavy atom. The van der Waals surface area contributed by atoms with Crippen LogP contribution >= 0.6 is 0 Å². The van der Waals surface area contributed by atoms with Crippen LogP contribution in [0.5, 0.6) is 0 Å². The van der Waals surface area contributed by atoms with E-state index in [1.807, 2.05) is 6.92 Å². The number of piperidine rings is 1. The van der Waals surface area contributed by atoms with Gasteiger partial charge in [-0.15, -0.1) is 0 Å². The van der Waals surface area contributed by atoms with E-state index in [4.69, 9.17) is 0 Å². The van der Waals surface area contributed by atoms with E-state index in [2.05, 4.69) is 25.7 Å². The first-order chi connectivity index (χ1) is 7.43. The fourth-order valence-electron chi connectivity index (χ4n) is 2.96. The molecule has 0 spiro atoms. The number of hydrogen-bond donors (Lipinski definition) is 1. The zero-order chi connectivity index (χ0) is 12.3. The number of carbonyl (C=O) groups is 1. The molecule has 1 heterocycles. The fraction of sp³-hybridized carbons (Fsp3) is 0.923. The predicted molar refractivity (Wildman–Crippen MR) is 65.5 cm³/mol. The van der Waals surface area contributed by atoms with E-state index < -0.39 is 11.5 Å². The molecule has 1 N–H and O–H groups in total. The summed E-state index contributed by atoms with van der Waals surface area (Å²) in [5.74, 6) is -0.145. The van der Waals surface area contributed by atoms with Gasteiger partial charge in [-0.3, -0.25) is 9.69 Å². The van der Waals surface area contributed by atoms with Crippen molar-refractivity contribution in [3.8, 4) is 0 Å². The minimum Gasteiger partial charge on any atom is -0.480 e. The quantitative estimate of drug-likeness (QED) is 0.803. The summed E-state index contributed by atoms with van der Waals surface area (Å²) in [6.07, 6.45) is 3.98. The predicted octanol–water partition coefficient (Wildman–Crippen LogP) is 2.75. The molecule has 1 aliphatic rings. The number of likely N-dealkylation sites (tertiary alicyclic amines) is 1. The van der Waals surface area contributed by atoms with Gasteiger partial charge >= 0.3 is 5.97 Å².